The van der Waals surface area contributed by atoms with Crippen molar-refractivity contribution in [2.45, 2.75) is 22.4 Å². The first-order chi connectivity index (χ1) is 7.91. The second kappa shape index (κ2) is 4.73. The lowest BCUT2D eigenvalue weighted by atomic mass is 9.99. The van der Waals surface area contributed by atoms with Crippen LogP contribution >= 0.6 is 34.8 Å². The molecule has 6 heteroatoms. The van der Waals surface area contributed by atoms with Crippen LogP contribution in [0.25, 0.3) is 0 Å². The number of aliphatic hydroxyl groups is 1. The van der Waals surface area contributed by atoms with Crippen LogP contribution in [-0.4, -0.2) is 22.1 Å². The lowest BCUT2D eigenvalue weighted by Gasteiger charge is -2.33. The van der Waals surface area contributed by atoms with Crippen LogP contribution in [0.2, 0.25) is 0 Å². The van der Waals surface area contributed by atoms with Crippen molar-refractivity contribution >= 4 is 34.8 Å². The second-order valence-electron chi connectivity index (χ2n) is 3.80. The molecule has 1 aliphatic rings. The summed E-state index contributed by atoms with van der Waals surface area (Å²) in [6.45, 7) is 0. The van der Waals surface area contributed by atoms with Gasteiger partial charge in [0.1, 0.15) is 17.6 Å². The van der Waals surface area contributed by atoms with Crippen molar-refractivity contribution in [1.82, 2.24) is 0 Å². The molecule has 0 aromatic heterocycles. The topological polar surface area (TPSA) is 38.7 Å². The number of hydrogen-bond acceptors (Lipinski definition) is 3. The fraction of sp³-hybridized carbons (Fsp3) is 0.455. The normalized spacial score (nSPS) is 23.8. The molecule has 17 heavy (non-hydrogen) atoms. The molecule has 0 saturated heterocycles. The lowest BCUT2D eigenvalue weighted by molar-refractivity contribution is 0.0676. The molecule has 2 rings (SSSR count). The molecule has 0 aliphatic carbocycles. The minimum Gasteiger partial charge on any atom is -0.497 e. The van der Waals surface area contributed by atoms with Gasteiger partial charge in [0.15, 0.2) is 0 Å². The van der Waals surface area contributed by atoms with Crippen LogP contribution in [0.5, 0.6) is 11.5 Å². The van der Waals surface area contributed by atoms with Gasteiger partial charge in [0.05, 0.1) is 13.2 Å². The molecule has 1 N–H and O–H groups in total. The fourth-order valence-electron chi connectivity index (χ4n) is 1.75. The van der Waals surface area contributed by atoms with Crippen molar-refractivity contribution < 1.29 is 14.6 Å². The van der Waals surface area contributed by atoms with E-state index in [4.69, 9.17) is 44.3 Å². The first-order valence-electron chi connectivity index (χ1n) is 5.01. The van der Waals surface area contributed by atoms with Crippen molar-refractivity contribution in [3.8, 4) is 11.5 Å². The average Bonchev–Trinajstić information content (AvgIpc) is 2.27. The number of aliphatic hydroxyl groups excluding tert-OH is 1. The maximum Gasteiger partial charge on any atom is 0.226 e. The second-order valence-corrected chi connectivity index (χ2v) is 6.17. The molecule has 94 valence electrons. The Labute approximate surface area is 114 Å². The maximum absolute atomic E-state index is 9.96. The SMILES string of the molecule is COc1ccc2c(c1)OC(C(Cl)(Cl)Cl)CC2O. The van der Waals surface area contributed by atoms with Crippen molar-refractivity contribution in [3.05, 3.63) is 23.8 Å². The molecule has 0 saturated carbocycles. The highest BCUT2D eigenvalue weighted by molar-refractivity contribution is 6.68. The molecule has 0 amide bonds. The smallest absolute Gasteiger partial charge is 0.226 e. The standard InChI is InChI=1S/C11H11Cl3O3/c1-16-6-2-3-7-8(15)5-10(11(12,13)14)17-9(7)4-6/h2-4,8,10,15H,5H2,1H3. The predicted octanol–water partition coefficient (Wildman–Crippen LogP) is 3.25. The summed E-state index contributed by atoms with van der Waals surface area (Å²) >= 11 is 17.3. The zero-order chi connectivity index (χ0) is 12.6. The average molecular weight is 298 g/mol. The van der Waals surface area contributed by atoms with E-state index in [0.717, 1.165) is 0 Å². The maximum atomic E-state index is 9.96. The molecule has 0 fully saturated rings. The van der Waals surface area contributed by atoms with Gasteiger partial charge >= 0.3 is 0 Å². The molecule has 1 aromatic carbocycles. The van der Waals surface area contributed by atoms with E-state index in [0.29, 0.717) is 17.1 Å². The fourth-order valence-corrected chi connectivity index (χ4v) is 2.15. The highest BCUT2D eigenvalue weighted by Gasteiger charge is 2.40. The Morgan fingerprint density at radius 3 is 2.71 bits per heavy atom. The summed E-state index contributed by atoms with van der Waals surface area (Å²) in [5, 5.41) is 9.96. The molecule has 3 nitrogen and oxygen atoms in total. The van der Waals surface area contributed by atoms with E-state index in [9.17, 15) is 5.11 Å². The van der Waals surface area contributed by atoms with Crippen molar-refractivity contribution in [3.63, 3.8) is 0 Å². The van der Waals surface area contributed by atoms with Gasteiger partial charge in [-0.15, -0.1) is 0 Å². The molecule has 1 heterocycles. The summed E-state index contributed by atoms with van der Waals surface area (Å²) in [7, 11) is 1.55. The molecule has 2 atom stereocenters. The molecule has 0 spiro atoms. The van der Waals surface area contributed by atoms with E-state index < -0.39 is 16.0 Å². The minimum atomic E-state index is -1.57. The Kier molecular flexibility index (Phi) is 3.64. The monoisotopic (exact) mass is 296 g/mol. The van der Waals surface area contributed by atoms with Gasteiger partial charge in [0.25, 0.3) is 0 Å². The molecule has 1 aromatic rings. The molecule has 0 radical (unpaired) electrons. The number of hydrogen-bond donors (Lipinski definition) is 1. The quantitative estimate of drug-likeness (QED) is 0.809. The molecular weight excluding hydrogens is 286 g/mol. The minimum absolute atomic E-state index is 0.246. The summed E-state index contributed by atoms with van der Waals surface area (Å²) < 4.78 is 9.08. The summed E-state index contributed by atoms with van der Waals surface area (Å²) in [6, 6.07) is 5.16. The molecule has 2 unspecified atom stereocenters. The van der Waals surface area contributed by atoms with Crippen molar-refractivity contribution in [2.24, 2.45) is 0 Å². The summed E-state index contributed by atoms with van der Waals surface area (Å²) in [6.07, 6.45) is -1.14. The van der Waals surface area contributed by atoms with Crippen molar-refractivity contribution in [1.29, 1.82) is 0 Å². The first kappa shape index (κ1) is 13.1. The Morgan fingerprint density at radius 2 is 2.12 bits per heavy atom. The van der Waals surface area contributed by atoms with E-state index in [1.165, 1.54) is 0 Å². The van der Waals surface area contributed by atoms with Crippen LogP contribution in [0.4, 0.5) is 0 Å². The Bertz CT molecular complexity index is 417. The van der Waals surface area contributed by atoms with E-state index >= 15 is 0 Å². The summed E-state index contributed by atoms with van der Waals surface area (Å²) in [5.41, 5.74) is 0.677. The largest absolute Gasteiger partial charge is 0.497 e. The summed E-state index contributed by atoms with van der Waals surface area (Å²) in [5.74, 6) is 1.11. The third-order valence-corrected chi connectivity index (χ3v) is 3.38. The number of rotatable bonds is 1. The zero-order valence-electron chi connectivity index (χ0n) is 8.99. The van der Waals surface area contributed by atoms with Crippen LogP contribution in [0.3, 0.4) is 0 Å². The Hall–Kier alpha value is -0.350. The van der Waals surface area contributed by atoms with Gasteiger partial charge < -0.3 is 14.6 Å². The lowest BCUT2D eigenvalue weighted by Crippen LogP contribution is -2.36. The molecule has 1 aliphatic heterocycles. The van der Waals surface area contributed by atoms with Gasteiger partial charge in [-0.05, 0) is 12.1 Å². The predicted molar refractivity (Wildman–Crippen MR) is 67.3 cm³/mol. The number of ether oxygens (including phenoxy) is 2. The van der Waals surface area contributed by atoms with E-state index in [1.807, 2.05) is 0 Å². The van der Waals surface area contributed by atoms with Crippen LogP contribution in [-0.2, 0) is 0 Å². The Morgan fingerprint density at radius 1 is 1.41 bits per heavy atom. The Balaban J connectivity index is 2.34. The van der Waals surface area contributed by atoms with Gasteiger partial charge in [0, 0.05) is 18.1 Å². The number of halogens is 3. The van der Waals surface area contributed by atoms with Gasteiger partial charge in [0.2, 0.25) is 3.79 Å². The van der Waals surface area contributed by atoms with Gasteiger partial charge in [-0.25, -0.2) is 0 Å². The van der Waals surface area contributed by atoms with Crippen LogP contribution in [0.1, 0.15) is 18.1 Å². The third kappa shape index (κ3) is 2.74. The van der Waals surface area contributed by atoms with Gasteiger partial charge in [-0.2, -0.15) is 0 Å². The summed E-state index contributed by atoms with van der Waals surface area (Å²) in [4.78, 5) is 0. The third-order valence-electron chi connectivity index (χ3n) is 2.65. The number of fused-ring (bicyclic) bond motifs is 1. The number of alkyl halides is 3. The van der Waals surface area contributed by atoms with E-state index in [-0.39, 0.29) is 6.42 Å². The zero-order valence-corrected chi connectivity index (χ0v) is 11.3. The van der Waals surface area contributed by atoms with Gasteiger partial charge in [-0.1, -0.05) is 34.8 Å². The van der Waals surface area contributed by atoms with Gasteiger partial charge in [-0.3, -0.25) is 0 Å². The highest BCUT2D eigenvalue weighted by Crippen LogP contribution is 2.44. The highest BCUT2D eigenvalue weighted by atomic mass is 35.6. The molecular formula is C11H11Cl3O3. The van der Waals surface area contributed by atoms with Crippen LogP contribution < -0.4 is 9.47 Å². The van der Waals surface area contributed by atoms with E-state index in [1.54, 1.807) is 25.3 Å². The van der Waals surface area contributed by atoms with E-state index in [2.05, 4.69) is 0 Å². The first-order valence-corrected chi connectivity index (χ1v) is 6.14. The number of methoxy groups -OCH3 is 1. The van der Waals surface area contributed by atoms with Crippen LogP contribution in [0, 0.1) is 0 Å². The molecule has 0 bridgehead atoms. The van der Waals surface area contributed by atoms with Crippen LogP contribution in [0.15, 0.2) is 18.2 Å². The number of benzene rings is 1. The van der Waals surface area contributed by atoms with Crippen molar-refractivity contribution in [2.75, 3.05) is 7.11 Å².